The maximum absolute atomic E-state index is 5.26. The Morgan fingerprint density at radius 2 is 0.679 bits per heavy atom. The first kappa shape index (κ1) is 33.1. The van der Waals surface area contributed by atoms with E-state index in [1.807, 2.05) is 18.3 Å². The first-order valence-electron chi connectivity index (χ1n) is 18.9. The Balaban J connectivity index is 1.13. The summed E-state index contributed by atoms with van der Waals surface area (Å²) in [6.45, 7) is 0. The summed E-state index contributed by atoms with van der Waals surface area (Å²) in [6.07, 6.45) is 3.69. The SMILES string of the molecule is c1ccc(-c2ccc(-c3cc(-c4ccc(-c5cccnc5)cc4)nc(-c4cccc(-c5c6ccccc6c(-c6ccccc6)c6ccccc56)c4)n3)cc2)cc1. The minimum atomic E-state index is 0.678. The van der Waals surface area contributed by atoms with Crippen LogP contribution in [0.2, 0.25) is 0 Å². The van der Waals surface area contributed by atoms with Crippen molar-refractivity contribution in [2.75, 3.05) is 0 Å². The van der Waals surface area contributed by atoms with Crippen LogP contribution in [0.1, 0.15) is 0 Å². The normalized spacial score (nSPS) is 11.2. The van der Waals surface area contributed by atoms with Gasteiger partial charge in [-0.3, -0.25) is 4.98 Å². The highest BCUT2D eigenvalue weighted by molar-refractivity contribution is 6.21. The zero-order valence-corrected chi connectivity index (χ0v) is 30.5. The van der Waals surface area contributed by atoms with Crippen molar-refractivity contribution in [2.45, 2.75) is 0 Å². The van der Waals surface area contributed by atoms with Crippen LogP contribution in [0.5, 0.6) is 0 Å². The summed E-state index contributed by atoms with van der Waals surface area (Å²) in [5.74, 6) is 0.678. The summed E-state index contributed by atoms with van der Waals surface area (Å²) in [6, 6.07) is 70.8. The van der Waals surface area contributed by atoms with Gasteiger partial charge in [-0.25, -0.2) is 9.97 Å². The van der Waals surface area contributed by atoms with Crippen LogP contribution in [0.15, 0.2) is 213 Å². The van der Waals surface area contributed by atoms with E-state index < -0.39 is 0 Å². The second-order valence-corrected chi connectivity index (χ2v) is 14.0. The van der Waals surface area contributed by atoms with E-state index in [-0.39, 0.29) is 0 Å². The molecule has 56 heavy (non-hydrogen) atoms. The molecule has 0 aliphatic rings. The molecule has 0 fully saturated rings. The number of hydrogen-bond acceptors (Lipinski definition) is 3. The molecule has 0 aliphatic carbocycles. The third-order valence-corrected chi connectivity index (χ3v) is 10.6. The molecule has 0 saturated heterocycles. The third kappa shape index (κ3) is 6.21. The molecule has 2 aromatic heterocycles. The standard InChI is InChI=1S/C53H35N3/c1-3-13-36(14-4-1)37-24-28-39(29-25-37)49-34-50(40-30-26-38(27-31-40)44-19-12-32-54-35-44)56-53(55-49)43-18-11-17-42(33-43)52-47-22-9-7-20-45(47)51(41-15-5-2-6-16-41)46-21-8-10-23-48(46)52/h1-35H. The average Bonchev–Trinajstić information content (AvgIpc) is 3.29. The monoisotopic (exact) mass is 713 g/mol. The molecule has 0 atom stereocenters. The fourth-order valence-electron chi connectivity index (χ4n) is 7.87. The molecule has 3 heteroatoms. The number of pyridine rings is 1. The van der Waals surface area contributed by atoms with Gasteiger partial charge in [0, 0.05) is 29.1 Å². The van der Waals surface area contributed by atoms with E-state index >= 15 is 0 Å². The lowest BCUT2D eigenvalue weighted by atomic mass is 9.85. The minimum Gasteiger partial charge on any atom is -0.264 e. The van der Waals surface area contributed by atoms with Crippen LogP contribution in [0, 0.1) is 0 Å². The van der Waals surface area contributed by atoms with Crippen LogP contribution in [-0.4, -0.2) is 15.0 Å². The molecule has 8 aromatic carbocycles. The van der Waals surface area contributed by atoms with E-state index in [1.165, 1.54) is 49.4 Å². The van der Waals surface area contributed by atoms with E-state index in [4.69, 9.17) is 9.97 Å². The lowest BCUT2D eigenvalue weighted by molar-refractivity contribution is 1.18. The number of nitrogens with zero attached hydrogens (tertiary/aromatic N) is 3. The minimum absolute atomic E-state index is 0.678. The molecule has 2 heterocycles. The number of hydrogen-bond donors (Lipinski definition) is 0. The van der Waals surface area contributed by atoms with Crippen molar-refractivity contribution < 1.29 is 0 Å². The Labute approximate surface area is 326 Å². The van der Waals surface area contributed by atoms with Crippen LogP contribution >= 0.6 is 0 Å². The van der Waals surface area contributed by atoms with Crippen molar-refractivity contribution >= 4 is 21.5 Å². The molecule has 0 N–H and O–H groups in total. The summed E-state index contributed by atoms with van der Waals surface area (Å²) < 4.78 is 0. The van der Waals surface area contributed by atoms with E-state index in [1.54, 1.807) is 6.20 Å². The van der Waals surface area contributed by atoms with E-state index in [0.29, 0.717) is 5.82 Å². The fraction of sp³-hybridized carbons (Fsp3) is 0. The second-order valence-electron chi connectivity index (χ2n) is 14.0. The Hall–Kier alpha value is -7.49. The molecule has 0 saturated carbocycles. The average molecular weight is 714 g/mol. The smallest absolute Gasteiger partial charge is 0.160 e. The summed E-state index contributed by atoms with van der Waals surface area (Å²) in [5, 5.41) is 4.88. The van der Waals surface area contributed by atoms with Crippen molar-refractivity contribution in [3.05, 3.63) is 213 Å². The maximum Gasteiger partial charge on any atom is 0.160 e. The molecular weight excluding hydrogens is 679 g/mol. The second kappa shape index (κ2) is 14.4. The van der Waals surface area contributed by atoms with E-state index in [0.717, 1.165) is 44.8 Å². The van der Waals surface area contributed by atoms with Gasteiger partial charge in [-0.15, -0.1) is 0 Å². The zero-order valence-electron chi connectivity index (χ0n) is 30.5. The number of aromatic nitrogens is 3. The molecule has 0 spiro atoms. The first-order chi connectivity index (χ1) is 27.8. The molecule has 10 rings (SSSR count). The molecular formula is C53H35N3. The maximum atomic E-state index is 5.26. The Kier molecular flexibility index (Phi) is 8.51. The predicted molar refractivity (Wildman–Crippen MR) is 233 cm³/mol. The highest BCUT2D eigenvalue weighted by atomic mass is 14.9. The van der Waals surface area contributed by atoms with Gasteiger partial charge >= 0.3 is 0 Å². The van der Waals surface area contributed by atoms with Gasteiger partial charge in [0.05, 0.1) is 11.4 Å². The van der Waals surface area contributed by atoms with E-state index in [2.05, 4.69) is 193 Å². The van der Waals surface area contributed by atoms with Crippen LogP contribution in [0.3, 0.4) is 0 Å². The van der Waals surface area contributed by atoms with Crippen LogP contribution < -0.4 is 0 Å². The summed E-state index contributed by atoms with van der Waals surface area (Å²) in [5.41, 5.74) is 14.1. The van der Waals surface area contributed by atoms with Gasteiger partial charge in [-0.1, -0.05) is 182 Å². The van der Waals surface area contributed by atoms with Gasteiger partial charge in [0.1, 0.15) is 0 Å². The molecule has 262 valence electrons. The van der Waals surface area contributed by atoms with Gasteiger partial charge in [0.15, 0.2) is 5.82 Å². The third-order valence-electron chi connectivity index (χ3n) is 10.6. The summed E-state index contributed by atoms with van der Waals surface area (Å²) in [4.78, 5) is 14.8. The van der Waals surface area contributed by atoms with Crippen molar-refractivity contribution in [3.8, 4) is 78.4 Å². The van der Waals surface area contributed by atoms with Gasteiger partial charge < -0.3 is 0 Å². The topological polar surface area (TPSA) is 38.7 Å². The Morgan fingerprint density at radius 1 is 0.268 bits per heavy atom. The van der Waals surface area contributed by atoms with Crippen LogP contribution in [-0.2, 0) is 0 Å². The molecule has 0 radical (unpaired) electrons. The summed E-state index contributed by atoms with van der Waals surface area (Å²) in [7, 11) is 0. The van der Waals surface area contributed by atoms with Gasteiger partial charge in [-0.05, 0) is 84.3 Å². The van der Waals surface area contributed by atoms with Gasteiger partial charge in [0.25, 0.3) is 0 Å². The molecule has 3 nitrogen and oxygen atoms in total. The zero-order chi connectivity index (χ0) is 37.3. The van der Waals surface area contributed by atoms with Crippen LogP contribution in [0.25, 0.3) is 100.0 Å². The number of fused-ring (bicyclic) bond motifs is 2. The predicted octanol–water partition coefficient (Wildman–Crippen LogP) is 13.8. The quantitative estimate of drug-likeness (QED) is 0.154. The highest BCUT2D eigenvalue weighted by Gasteiger charge is 2.18. The van der Waals surface area contributed by atoms with Crippen molar-refractivity contribution in [2.24, 2.45) is 0 Å². The van der Waals surface area contributed by atoms with Crippen molar-refractivity contribution in [3.63, 3.8) is 0 Å². The molecule has 0 amide bonds. The summed E-state index contributed by atoms with van der Waals surface area (Å²) >= 11 is 0. The Morgan fingerprint density at radius 3 is 1.21 bits per heavy atom. The van der Waals surface area contributed by atoms with Crippen molar-refractivity contribution in [1.82, 2.24) is 15.0 Å². The van der Waals surface area contributed by atoms with E-state index in [9.17, 15) is 0 Å². The lowest BCUT2D eigenvalue weighted by Gasteiger charge is -2.18. The molecule has 0 aliphatic heterocycles. The van der Waals surface area contributed by atoms with Gasteiger partial charge in [0.2, 0.25) is 0 Å². The van der Waals surface area contributed by atoms with Gasteiger partial charge in [-0.2, -0.15) is 0 Å². The Bertz CT molecular complexity index is 2820. The molecule has 0 unspecified atom stereocenters. The first-order valence-corrected chi connectivity index (χ1v) is 18.9. The largest absolute Gasteiger partial charge is 0.264 e. The number of benzene rings is 8. The molecule has 10 aromatic rings. The molecule has 0 bridgehead atoms. The highest BCUT2D eigenvalue weighted by Crippen LogP contribution is 2.44. The van der Waals surface area contributed by atoms with Crippen molar-refractivity contribution in [1.29, 1.82) is 0 Å². The lowest BCUT2D eigenvalue weighted by Crippen LogP contribution is -1.97. The van der Waals surface area contributed by atoms with Crippen LogP contribution in [0.4, 0.5) is 0 Å². The number of rotatable bonds is 7. The fourth-order valence-corrected chi connectivity index (χ4v) is 7.87.